The van der Waals surface area contributed by atoms with E-state index in [1.165, 1.54) is 17.6 Å². The number of ether oxygens (including phenoxy) is 1. The third-order valence-electron chi connectivity index (χ3n) is 4.39. The fourth-order valence-corrected chi connectivity index (χ4v) is 4.18. The van der Waals surface area contributed by atoms with Crippen LogP contribution in [0, 0.1) is 5.92 Å². The summed E-state index contributed by atoms with van der Waals surface area (Å²) in [6.07, 6.45) is 5.76. The first-order valence-electron chi connectivity index (χ1n) is 9.57. The number of nitrogens with one attached hydrogen (secondary N) is 1. The molecule has 2 aromatic heterocycles. The number of benzene rings is 1. The molecule has 0 spiro atoms. The first-order valence-corrected chi connectivity index (χ1v) is 12.3. The van der Waals surface area contributed by atoms with Gasteiger partial charge in [-0.1, -0.05) is 26.0 Å². The lowest BCUT2D eigenvalue weighted by atomic mass is 10.1. The fourth-order valence-electron chi connectivity index (χ4n) is 3.03. The Bertz CT molecular complexity index is 1090. The lowest BCUT2D eigenvalue weighted by Gasteiger charge is -2.10. The van der Waals surface area contributed by atoms with Gasteiger partial charge in [0.15, 0.2) is 15.0 Å². The van der Waals surface area contributed by atoms with E-state index in [4.69, 9.17) is 4.74 Å². The van der Waals surface area contributed by atoms with Gasteiger partial charge in [-0.15, -0.1) is 11.3 Å². The van der Waals surface area contributed by atoms with Crippen molar-refractivity contribution in [2.75, 3.05) is 11.6 Å². The minimum absolute atomic E-state index is 0.300. The van der Waals surface area contributed by atoms with E-state index < -0.39 is 15.9 Å². The molecule has 0 unspecified atom stereocenters. The van der Waals surface area contributed by atoms with Gasteiger partial charge in [-0.25, -0.2) is 18.2 Å². The molecule has 1 N–H and O–H groups in total. The zero-order chi connectivity index (χ0) is 21.7. The molecule has 3 rings (SSSR count). The fraction of sp³-hybridized carbons (Fsp3) is 0.333. The van der Waals surface area contributed by atoms with Gasteiger partial charge in [0, 0.05) is 36.6 Å². The molecule has 2 heterocycles. The van der Waals surface area contributed by atoms with Crippen LogP contribution in [-0.4, -0.2) is 30.3 Å². The second-order valence-electron chi connectivity index (χ2n) is 7.50. The lowest BCUT2D eigenvalue weighted by Crippen LogP contribution is -2.18. The molecule has 0 aliphatic rings. The highest BCUT2D eigenvalue weighted by Gasteiger charge is 2.14. The summed E-state index contributed by atoms with van der Waals surface area (Å²) >= 11 is 1.32. The Morgan fingerprint density at radius 1 is 1.23 bits per heavy atom. The molecule has 7 nitrogen and oxygen atoms in total. The van der Waals surface area contributed by atoms with Crippen molar-refractivity contribution in [3.8, 4) is 5.88 Å². The molecule has 0 saturated carbocycles. The van der Waals surface area contributed by atoms with Crippen LogP contribution in [0.15, 0.2) is 53.0 Å². The van der Waals surface area contributed by atoms with E-state index in [1.807, 2.05) is 29.0 Å². The van der Waals surface area contributed by atoms with Crippen LogP contribution in [0.3, 0.4) is 0 Å². The molecule has 3 aromatic rings. The van der Waals surface area contributed by atoms with Gasteiger partial charge in [0.1, 0.15) is 0 Å². The topological polar surface area (TPSA) is 90.3 Å². The summed E-state index contributed by atoms with van der Waals surface area (Å²) in [5, 5.41) is 4.87. The van der Waals surface area contributed by atoms with Crippen molar-refractivity contribution in [1.29, 1.82) is 0 Å². The lowest BCUT2D eigenvalue weighted by molar-refractivity contribution is 0.211. The zero-order valence-corrected chi connectivity index (χ0v) is 18.8. The summed E-state index contributed by atoms with van der Waals surface area (Å²) in [5.41, 5.74) is 2.09. The molecule has 0 fully saturated rings. The van der Waals surface area contributed by atoms with Crippen LogP contribution >= 0.6 is 11.3 Å². The van der Waals surface area contributed by atoms with Crippen molar-refractivity contribution in [2.24, 2.45) is 5.92 Å². The maximum Gasteiger partial charge on any atom is 0.420 e. The number of amides is 1. The third kappa shape index (κ3) is 6.17. The van der Waals surface area contributed by atoms with Crippen molar-refractivity contribution >= 4 is 32.4 Å². The van der Waals surface area contributed by atoms with Crippen LogP contribution in [0.5, 0.6) is 5.88 Å². The Kier molecular flexibility index (Phi) is 6.94. The number of thiazole rings is 1. The van der Waals surface area contributed by atoms with E-state index in [9.17, 15) is 13.2 Å². The molecule has 1 amide bonds. The van der Waals surface area contributed by atoms with Gasteiger partial charge in [-0.2, -0.15) is 0 Å². The Balaban J connectivity index is 1.71. The molecular formula is C21H25N3O4S2. The number of anilines is 1. The standard InChI is InChI=1S/C21H25N3O4S2/c1-15(2)12-17-13-19(28-21(25)23-20-22-9-11-29-20)24(14-17)10-8-16-4-6-18(7-5-16)30(3,26)27/h4-7,9,11,13-15H,8,10,12H2,1-3H3,(H,22,23,25). The zero-order valence-electron chi connectivity index (χ0n) is 17.2. The normalized spacial score (nSPS) is 11.6. The van der Waals surface area contributed by atoms with Gasteiger partial charge >= 0.3 is 6.09 Å². The molecule has 1 aromatic carbocycles. The van der Waals surface area contributed by atoms with Gasteiger partial charge in [0.2, 0.25) is 5.88 Å². The molecule has 9 heteroatoms. The Hall–Kier alpha value is -2.65. The maximum absolute atomic E-state index is 12.2. The van der Waals surface area contributed by atoms with Gasteiger partial charge in [-0.3, -0.25) is 5.32 Å². The van der Waals surface area contributed by atoms with E-state index in [0.717, 1.165) is 17.5 Å². The highest BCUT2D eigenvalue weighted by Crippen LogP contribution is 2.22. The number of carbonyl (C=O) groups excluding carboxylic acids is 1. The average molecular weight is 448 g/mol. The third-order valence-corrected chi connectivity index (χ3v) is 6.21. The smallest absolute Gasteiger partial charge is 0.393 e. The van der Waals surface area contributed by atoms with E-state index in [-0.39, 0.29) is 0 Å². The molecule has 0 aliphatic carbocycles. The van der Waals surface area contributed by atoms with Gasteiger partial charge in [0.05, 0.1) is 4.90 Å². The second kappa shape index (κ2) is 9.44. The van der Waals surface area contributed by atoms with E-state index in [1.54, 1.807) is 23.7 Å². The number of aryl methyl sites for hydroxylation is 2. The summed E-state index contributed by atoms with van der Waals surface area (Å²) in [6.45, 7) is 4.86. The molecule has 0 atom stereocenters. The average Bonchev–Trinajstić information content (AvgIpc) is 3.29. The summed E-state index contributed by atoms with van der Waals surface area (Å²) in [7, 11) is -3.21. The number of sulfone groups is 1. The van der Waals surface area contributed by atoms with E-state index >= 15 is 0 Å². The number of hydrogen-bond donors (Lipinski definition) is 1. The van der Waals surface area contributed by atoms with Crippen molar-refractivity contribution in [2.45, 2.75) is 38.1 Å². The molecular weight excluding hydrogens is 422 g/mol. The highest BCUT2D eigenvalue weighted by atomic mass is 32.2. The Morgan fingerprint density at radius 2 is 1.97 bits per heavy atom. The van der Waals surface area contributed by atoms with Crippen LogP contribution in [0.25, 0.3) is 0 Å². The van der Waals surface area contributed by atoms with Crippen molar-refractivity contribution in [3.05, 3.63) is 59.2 Å². The van der Waals surface area contributed by atoms with Crippen LogP contribution in [0.4, 0.5) is 9.93 Å². The van der Waals surface area contributed by atoms with Crippen LogP contribution < -0.4 is 10.1 Å². The molecule has 0 aliphatic heterocycles. The SMILES string of the molecule is CC(C)Cc1cc(OC(=O)Nc2nccs2)n(CCc2ccc(S(C)(=O)=O)cc2)c1. The number of hydrogen-bond acceptors (Lipinski definition) is 6. The van der Waals surface area contributed by atoms with Gasteiger partial charge < -0.3 is 9.30 Å². The van der Waals surface area contributed by atoms with Crippen LogP contribution in [0.1, 0.15) is 25.0 Å². The highest BCUT2D eigenvalue weighted by molar-refractivity contribution is 7.90. The maximum atomic E-state index is 12.2. The molecule has 0 bridgehead atoms. The Morgan fingerprint density at radius 3 is 2.57 bits per heavy atom. The number of carbonyl (C=O) groups is 1. The minimum atomic E-state index is -3.21. The predicted octanol–water partition coefficient (Wildman–Crippen LogP) is 4.40. The number of nitrogens with zero attached hydrogens (tertiary/aromatic N) is 2. The van der Waals surface area contributed by atoms with Gasteiger partial charge in [0.25, 0.3) is 0 Å². The monoisotopic (exact) mass is 447 g/mol. The number of aromatic nitrogens is 2. The summed E-state index contributed by atoms with van der Waals surface area (Å²) < 4.78 is 30.7. The van der Waals surface area contributed by atoms with Crippen LogP contribution in [-0.2, 0) is 29.2 Å². The predicted molar refractivity (Wildman–Crippen MR) is 118 cm³/mol. The summed E-state index contributed by atoms with van der Waals surface area (Å²) in [6, 6.07) is 8.73. The number of rotatable bonds is 8. The molecule has 0 saturated heterocycles. The molecule has 160 valence electrons. The minimum Gasteiger partial charge on any atom is -0.393 e. The van der Waals surface area contributed by atoms with Crippen molar-refractivity contribution in [3.63, 3.8) is 0 Å². The van der Waals surface area contributed by atoms with Crippen LogP contribution in [0.2, 0.25) is 0 Å². The van der Waals surface area contributed by atoms with E-state index in [0.29, 0.717) is 34.8 Å². The first-order chi connectivity index (χ1) is 14.2. The van der Waals surface area contributed by atoms with Crippen molar-refractivity contribution < 1.29 is 17.9 Å². The molecule has 0 radical (unpaired) electrons. The second-order valence-corrected chi connectivity index (χ2v) is 10.4. The van der Waals surface area contributed by atoms with Crippen molar-refractivity contribution in [1.82, 2.24) is 9.55 Å². The van der Waals surface area contributed by atoms with Gasteiger partial charge in [-0.05, 0) is 42.0 Å². The first kappa shape index (κ1) is 22.0. The quantitative estimate of drug-likeness (QED) is 0.553. The summed E-state index contributed by atoms with van der Waals surface area (Å²) in [4.78, 5) is 16.6. The Labute approximate surface area is 180 Å². The largest absolute Gasteiger partial charge is 0.420 e. The molecule has 30 heavy (non-hydrogen) atoms. The van der Waals surface area contributed by atoms with E-state index in [2.05, 4.69) is 24.1 Å². The summed E-state index contributed by atoms with van der Waals surface area (Å²) in [5.74, 6) is 0.939.